The summed E-state index contributed by atoms with van der Waals surface area (Å²) in [5.41, 5.74) is 6.92. The molecular weight excluding hydrogens is 230 g/mol. The van der Waals surface area contributed by atoms with Crippen molar-refractivity contribution in [3.05, 3.63) is 29.8 Å². The third-order valence-electron chi connectivity index (χ3n) is 2.99. The first-order valence-corrected chi connectivity index (χ1v) is 7.35. The lowest BCUT2D eigenvalue weighted by Crippen LogP contribution is -2.31. The van der Waals surface area contributed by atoms with Crippen molar-refractivity contribution >= 4 is 11.8 Å². The van der Waals surface area contributed by atoms with Crippen LogP contribution in [0.15, 0.2) is 24.3 Å². The van der Waals surface area contributed by atoms with Gasteiger partial charge in [-0.3, -0.25) is 0 Å². The standard InChI is InChI=1S/C14H21NOS/c1-14(2,15)12-7-3-4-8-13(12)16-11-6-5-9-17-10-11/h3-4,7-8,11H,5-6,9-10,15H2,1-2H3. The molecule has 1 atom stereocenters. The Morgan fingerprint density at radius 2 is 2.12 bits per heavy atom. The molecular formula is C14H21NOS. The van der Waals surface area contributed by atoms with Gasteiger partial charge in [0.15, 0.2) is 0 Å². The maximum atomic E-state index is 6.18. The second-order valence-electron chi connectivity index (χ2n) is 5.17. The van der Waals surface area contributed by atoms with Crippen molar-refractivity contribution in [2.75, 3.05) is 11.5 Å². The molecule has 1 aliphatic rings. The van der Waals surface area contributed by atoms with Gasteiger partial charge in [-0.2, -0.15) is 11.8 Å². The molecule has 17 heavy (non-hydrogen) atoms. The van der Waals surface area contributed by atoms with Crippen LogP contribution in [0.25, 0.3) is 0 Å². The largest absolute Gasteiger partial charge is 0.489 e. The predicted molar refractivity (Wildman–Crippen MR) is 74.6 cm³/mol. The van der Waals surface area contributed by atoms with Gasteiger partial charge in [0.05, 0.1) is 0 Å². The van der Waals surface area contributed by atoms with Gasteiger partial charge in [-0.25, -0.2) is 0 Å². The average molecular weight is 251 g/mol. The van der Waals surface area contributed by atoms with Crippen LogP contribution in [0.5, 0.6) is 5.75 Å². The third kappa shape index (κ3) is 3.39. The maximum Gasteiger partial charge on any atom is 0.124 e. The van der Waals surface area contributed by atoms with Crippen molar-refractivity contribution in [3.63, 3.8) is 0 Å². The smallest absolute Gasteiger partial charge is 0.124 e. The number of para-hydroxylation sites is 1. The minimum absolute atomic E-state index is 0.345. The molecule has 0 radical (unpaired) electrons. The summed E-state index contributed by atoms with van der Waals surface area (Å²) in [6.07, 6.45) is 2.76. The van der Waals surface area contributed by atoms with E-state index in [1.54, 1.807) is 0 Å². The van der Waals surface area contributed by atoms with E-state index in [0.29, 0.717) is 6.10 Å². The molecule has 3 heteroatoms. The molecule has 0 spiro atoms. The summed E-state index contributed by atoms with van der Waals surface area (Å²) in [7, 11) is 0. The Hall–Kier alpha value is -0.670. The van der Waals surface area contributed by atoms with E-state index >= 15 is 0 Å². The summed E-state index contributed by atoms with van der Waals surface area (Å²) >= 11 is 1.98. The lowest BCUT2D eigenvalue weighted by molar-refractivity contribution is 0.206. The van der Waals surface area contributed by atoms with Gasteiger partial charge in [0.1, 0.15) is 11.9 Å². The summed E-state index contributed by atoms with van der Waals surface area (Å²) in [5, 5.41) is 0. The second kappa shape index (κ2) is 5.32. The molecule has 1 unspecified atom stereocenters. The van der Waals surface area contributed by atoms with Crippen LogP contribution in [0.3, 0.4) is 0 Å². The molecule has 1 saturated heterocycles. The zero-order chi connectivity index (χ0) is 12.3. The Labute approximate surface area is 108 Å². The zero-order valence-corrected chi connectivity index (χ0v) is 11.4. The van der Waals surface area contributed by atoms with Crippen molar-refractivity contribution in [3.8, 4) is 5.75 Å². The number of benzene rings is 1. The Bertz CT molecular complexity index is 367. The summed E-state index contributed by atoms with van der Waals surface area (Å²) in [4.78, 5) is 0. The number of thioether (sulfide) groups is 1. The van der Waals surface area contributed by atoms with Crippen molar-refractivity contribution in [2.45, 2.75) is 38.3 Å². The third-order valence-corrected chi connectivity index (χ3v) is 4.18. The number of nitrogens with two attached hydrogens (primary N) is 1. The minimum Gasteiger partial charge on any atom is -0.489 e. The molecule has 0 bridgehead atoms. The van der Waals surface area contributed by atoms with Gasteiger partial charge in [-0.15, -0.1) is 0 Å². The number of ether oxygens (including phenoxy) is 1. The highest BCUT2D eigenvalue weighted by molar-refractivity contribution is 7.99. The topological polar surface area (TPSA) is 35.2 Å². The van der Waals surface area contributed by atoms with Crippen molar-refractivity contribution in [2.24, 2.45) is 5.73 Å². The molecule has 0 aromatic heterocycles. The van der Waals surface area contributed by atoms with Gasteiger partial charge in [0.2, 0.25) is 0 Å². The van der Waals surface area contributed by atoms with Gasteiger partial charge >= 0.3 is 0 Å². The van der Waals surface area contributed by atoms with E-state index in [1.165, 1.54) is 12.2 Å². The second-order valence-corrected chi connectivity index (χ2v) is 6.32. The van der Waals surface area contributed by atoms with Crippen LogP contribution in [0, 0.1) is 0 Å². The Morgan fingerprint density at radius 1 is 1.35 bits per heavy atom. The monoisotopic (exact) mass is 251 g/mol. The van der Waals surface area contributed by atoms with E-state index in [2.05, 4.69) is 6.07 Å². The van der Waals surface area contributed by atoms with Crippen LogP contribution in [0.4, 0.5) is 0 Å². The Morgan fingerprint density at radius 3 is 2.76 bits per heavy atom. The highest BCUT2D eigenvalue weighted by Crippen LogP contribution is 2.30. The molecule has 94 valence electrons. The van der Waals surface area contributed by atoms with Crippen molar-refractivity contribution in [1.29, 1.82) is 0 Å². The Balaban J connectivity index is 2.14. The number of hydrogen-bond acceptors (Lipinski definition) is 3. The summed E-state index contributed by atoms with van der Waals surface area (Å²) < 4.78 is 6.11. The van der Waals surface area contributed by atoms with Crippen molar-refractivity contribution < 1.29 is 4.74 Å². The minimum atomic E-state index is -0.349. The molecule has 0 amide bonds. The maximum absolute atomic E-state index is 6.18. The first-order chi connectivity index (χ1) is 8.07. The molecule has 1 fully saturated rings. The summed E-state index contributed by atoms with van der Waals surface area (Å²) in [6.45, 7) is 4.04. The van der Waals surface area contributed by atoms with Crippen LogP contribution < -0.4 is 10.5 Å². The number of rotatable bonds is 3. The molecule has 1 aromatic rings. The van der Waals surface area contributed by atoms with E-state index in [1.807, 2.05) is 43.8 Å². The predicted octanol–water partition coefficient (Wildman–Crippen LogP) is 3.15. The molecule has 2 N–H and O–H groups in total. The van der Waals surface area contributed by atoms with E-state index in [-0.39, 0.29) is 5.54 Å². The lowest BCUT2D eigenvalue weighted by atomic mass is 9.95. The molecule has 1 aliphatic heterocycles. The van der Waals surface area contributed by atoms with E-state index in [4.69, 9.17) is 10.5 Å². The summed E-state index contributed by atoms with van der Waals surface area (Å²) in [6, 6.07) is 8.13. The molecule has 2 rings (SSSR count). The molecule has 1 aromatic carbocycles. The lowest BCUT2D eigenvalue weighted by Gasteiger charge is -2.27. The van der Waals surface area contributed by atoms with Crippen LogP contribution in [0.2, 0.25) is 0 Å². The SMILES string of the molecule is CC(C)(N)c1ccccc1OC1CCCSC1. The van der Waals surface area contributed by atoms with Gasteiger partial charge in [-0.1, -0.05) is 18.2 Å². The normalized spacial score (nSPS) is 21.2. The fraction of sp³-hybridized carbons (Fsp3) is 0.571. The average Bonchev–Trinajstić information content (AvgIpc) is 2.30. The number of hydrogen-bond donors (Lipinski definition) is 1. The van der Waals surface area contributed by atoms with Gasteiger partial charge in [-0.05, 0) is 38.5 Å². The fourth-order valence-corrected chi connectivity index (χ4v) is 3.12. The Kier molecular flexibility index (Phi) is 4.00. The van der Waals surface area contributed by atoms with E-state index in [0.717, 1.165) is 23.5 Å². The van der Waals surface area contributed by atoms with Crippen LogP contribution >= 0.6 is 11.8 Å². The first kappa shape index (κ1) is 12.8. The molecule has 0 saturated carbocycles. The van der Waals surface area contributed by atoms with E-state index in [9.17, 15) is 0 Å². The zero-order valence-electron chi connectivity index (χ0n) is 10.6. The van der Waals surface area contributed by atoms with Crippen LogP contribution in [-0.4, -0.2) is 17.6 Å². The summed E-state index contributed by atoms with van der Waals surface area (Å²) in [5.74, 6) is 3.32. The molecule has 2 nitrogen and oxygen atoms in total. The van der Waals surface area contributed by atoms with Gasteiger partial charge in [0, 0.05) is 16.9 Å². The van der Waals surface area contributed by atoms with Gasteiger partial charge in [0.25, 0.3) is 0 Å². The fourth-order valence-electron chi connectivity index (χ4n) is 2.09. The molecule has 1 heterocycles. The first-order valence-electron chi connectivity index (χ1n) is 6.20. The van der Waals surface area contributed by atoms with E-state index < -0.39 is 0 Å². The highest BCUT2D eigenvalue weighted by atomic mass is 32.2. The van der Waals surface area contributed by atoms with Crippen LogP contribution in [0.1, 0.15) is 32.3 Å². The highest BCUT2D eigenvalue weighted by Gasteiger charge is 2.22. The van der Waals surface area contributed by atoms with Crippen LogP contribution in [-0.2, 0) is 5.54 Å². The van der Waals surface area contributed by atoms with Gasteiger partial charge < -0.3 is 10.5 Å². The molecule has 0 aliphatic carbocycles. The quantitative estimate of drug-likeness (QED) is 0.896. The van der Waals surface area contributed by atoms with Crippen molar-refractivity contribution in [1.82, 2.24) is 0 Å².